The van der Waals surface area contributed by atoms with Crippen molar-refractivity contribution in [3.8, 4) is 33.4 Å². The highest BCUT2D eigenvalue weighted by Crippen LogP contribution is 2.47. The standard InChI is InChI=1S/C43H42BrN3O11S/c44-28-6-4-27(5-7-28)40-39(32-13-8-29(48)26-36(32)59-40)58-31-11-9-30(10-12-31)57-25-24-56-23-22-55-21-20-54-19-18-53-17-16-45-34-3-1-2-33-38(34)43(52)47(42(33)51)35-14-15-37(49)46-41(35)50/h1-13,26,35,45,48H,14-25H2,(H,46,49,50). The lowest BCUT2D eigenvalue weighted by atomic mass is 10.0. The predicted molar refractivity (Wildman–Crippen MR) is 224 cm³/mol. The first-order valence-corrected chi connectivity index (χ1v) is 20.7. The number of piperidine rings is 1. The molecule has 0 radical (unpaired) electrons. The van der Waals surface area contributed by atoms with E-state index in [1.807, 2.05) is 54.6 Å². The third kappa shape index (κ3) is 10.5. The van der Waals surface area contributed by atoms with Crippen LogP contribution in [-0.4, -0.2) is 106 Å². The fourth-order valence-electron chi connectivity index (χ4n) is 6.58. The van der Waals surface area contributed by atoms with E-state index in [-0.39, 0.29) is 29.7 Å². The molecule has 4 aromatic carbocycles. The molecule has 14 nitrogen and oxygen atoms in total. The highest BCUT2D eigenvalue weighted by atomic mass is 79.9. The van der Waals surface area contributed by atoms with Crippen LogP contribution in [0, 0.1) is 0 Å². The Kier molecular flexibility index (Phi) is 14.2. The van der Waals surface area contributed by atoms with Gasteiger partial charge in [0.05, 0.1) is 68.9 Å². The summed E-state index contributed by atoms with van der Waals surface area (Å²) in [6, 6.07) is 24.6. The largest absolute Gasteiger partial charge is 0.508 e. The maximum atomic E-state index is 13.2. The molecule has 7 rings (SSSR count). The van der Waals surface area contributed by atoms with Crippen LogP contribution in [0.15, 0.2) is 89.4 Å². The van der Waals surface area contributed by atoms with E-state index in [1.54, 1.807) is 41.7 Å². The molecule has 1 aromatic heterocycles. The van der Waals surface area contributed by atoms with Crippen molar-refractivity contribution >= 4 is 66.7 Å². The molecule has 1 unspecified atom stereocenters. The van der Waals surface area contributed by atoms with Crippen LogP contribution < -0.4 is 20.1 Å². The average Bonchev–Trinajstić information content (AvgIpc) is 3.71. The number of fused-ring (bicyclic) bond motifs is 2. The maximum Gasteiger partial charge on any atom is 0.264 e. The Balaban J connectivity index is 0.717. The molecule has 0 bridgehead atoms. The molecule has 0 aliphatic carbocycles. The second-order valence-electron chi connectivity index (χ2n) is 13.4. The number of amides is 4. The normalized spacial score (nSPS) is 15.1. The highest BCUT2D eigenvalue weighted by Gasteiger charge is 2.45. The molecule has 16 heteroatoms. The Morgan fingerprint density at radius 2 is 1.42 bits per heavy atom. The van der Waals surface area contributed by atoms with Gasteiger partial charge in [-0.25, -0.2) is 0 Å². The molecule has 5 aromatic rings. The molecule has 59 heavy (non-hydrogen) atoms. The summed E-state index contributed by atoms with van der Waals surface area (Å²) in [7, 11) is 0. The summed E-state index contributed by atoms with van der Waals surface area (Å²) in [5.74, 6) is 0.114. The molecular formula is C43H42BrN3O11S. The van der Waals surface area contributed by atoms with Gasteiger partial charge >= 0.3 is 0 Å². The van der Waals surface area contributed by atoms with Gasteiger partial charge in [-0.15, -0.1) is 11.3 Å². The molecule has 3 heterocycles. The predicted octanol–water partition coefficient (Wildman–Crippen LogP) is 6.79. The van der Waals surface area contributed by atoms with Crippen molar-refractivity contribution < 1.29 is 52.7 Å². The van der Waals surface area contributed by atoms with E-state index in [0.717, 1.165) is 35.6 Å². The fraction of sp³-hybridized carbons (Fsp3) is 0.302. The van der Waals surface area contributed by atoms with Gasteiger partial charge in [0.2, 0.25) is 11.8 Å². The number of thiophene rings is 1. The van der Waals surface area contributed by atoms with Crippen molar-refractivity contribution in [1.29, 1.82) is 0 Å². The van der Waals surface area contributed by atoms with Gasteiger partial charge < -0.3 is 38.8 Å². The Bertz CT molecular complexity index is 2280. The number of aromatic hydroxyl groups is 1. The Morgan fingerprint density at radius 3 is 2.12 bits per heavy atom. The number of nitrogens with one attached hydrogen (secondary N) is 2. The van der Waals surface area contributed by atoms with E-state index in [4.69, 9.17) is 28.4 Å². The van der Waals surface area contributed by atoms with Gasteiger partial charge in [0.25, 0.3) is 11.8 Å². The number of nitrogens with zero attached hydrogens (tertiary/aromatic N) is 1. The number of halogens is 1. The average molecular weight is 889 g/mol. The van der Waals surface area contributed by atoms with Crippen LogP contribution in [0.4, 0.5) is 5.69 Å². The molecule has 1 atom stereocenters. The number of phenolic OH excluding ortho intramolecular Hbond substituents is 1. The summed E-state index contributed by atoms with van der Waals surface area (Å²) in [6.45, 7) is 3.86. The second-order valence-corrected chi connectivity index (χ2v) is 15.4. The van der Waals surface area contributed by atoms with Crippen molar-refractivity contribution in [1.82, 2.24) is 10.2 Å². The van der Waals surface area contributed by atoms with Gasteiger partial charge in [-0.1, -0.05) is 34.1 Å². The number of benzene rings is 4. The number of ether oxygens (including phenoxy) is 6. The maximum absolute atomic E-state index is 13.2. The molecule has 1 fully saturated rings. The van der Waals surface area contributed by atoms with Crippen LogP contribution >= 0.6 is 27.3 Å². The van der Waals surface area contributed by atoms with Crippen molar-refractivity contribution in [2.75, 3.05) is 71.3 Å². The van der Waals surface area contributed by atoms with Crippen LogP contribution in [0.25, 0.3) is 20.5 Å². The van der Waals surface area contributed by atoms with Gasteiger partial charge in [-0.2, -0.15) is 0 Å². The fourth-order valence-corrected chi connectivity index (χ4v) is 8.01. The van der Waals surface area contributed by atoms with Crippen molar-refractivity contribution in [3.63, 3.8) is 0 Å². The number of rotatable bonds is 21. The molecule has 1 saturated heterocycles. The molecule has 3 N–H and O–H groups in total. The SMILES string of the molecule is O=C1CCC(N2C(=O)c3cccc(NCCOCCOCCOCCOCCOc4ccc(Oc5c(-c6ccc(Br)cc6)sc6cc(O)ccc56)cc4)c3C2=O)C(=O)N1. The first-order valence-electron chi connectivity index (χ1n) is 19.1. The molecule has 2 aliphatic heterocycles. The number of hydrogen-bond donors (Lipinski definition) is 3. The topological polar surface area (TPSA) is 171 Å². The zero-order valence-electron chi connectivity index (χ0n) is 31.9. The molecule has 0 saturated carbocycles. The van der Waals surface area contributed by atoms with E-state index in [0.29, 0.717) is 83.2 Å². The van der Waals surface area contributed by atoms with Crippen LogP contribution in [0.2, 0.25) is 0 Å². The van der Waals surface area contributed by atoms with Gasteiger partial charge in [-0.3, -0.25) is 29.4 Å². The number of hydrogen-bond acceptors (Lipinski definition) is 13. The van der Waals surface area contributed by atoms with E-state index in [9.17, 15) is 24.3 Å². The molecule has 308 valence electrons. The minimum atomic E-state index is -1.02. The number of anilines is 1. The summed E-state index contributed by atoms with van der Waals surface area (Å²) in [5, 5.41) is 16.3. The Labute approximate surface area is 352 Å². The lowest BCUT2D eigenvalue weighted by Crippen LogP contribution is -2.54. The van der Waals surface area contributed by atoms with Gasteiger partial charge in [0.1, 0.15) is 29.9 Å². The minimum Gasteiger partial charge on any atom is -0.508 e. The Hall–Kier alpha value is -5.36. The summed E-state index contributed by atoms with van der Waals surface area (Å²) in [4.78, 5) is 52.0. The number of imide groups is 2. The first kappa shape index (κ1) is 41.8. The zero-order valence-corrected chi connectivity index (χ0v) is 34.3. The van der Waals surface area contributed by atoms with Crippen LogP contribution in [0.5, 0.6) is 23.0 Å². The summed E-state index contributed by atoms with van der Waals surface area (Å²) in [5.41, 5.74) is 1.91. The number of phenols is 1. The molecule has 4 amide bonds. The van der Waals surface area contributed by atoms with Crippen LogP contribution in [0.1, 0.15) is 33.6 Å². The van der Waals surface area contributed by atoms with Crippen molar-refractivity contribution in [3.05, 3.63) is 101 Å². The summed E-state index contributed by atoms with van der Waals surface area (Å²) < 4.78 is 36.5. The number of carbonyl (C=O) groups is 4. The van der Waals surface area contributed by atoms with E-state index in [1.165, 1.54) is 0 Å². The smallest absolute Gasteiger partial charge is 0.264 e. The van der Waals surface area contributed by atoms with E-state index >= 15 is 0 Å². The molecular weight excluding hydrogens is 846 g/mol. The summed E-state index contributed by atoms with van der Waals surface area (Å²) in [6.07, 6.45) is 0.161. The monoisotopic (exact) mass is 887 g/mol. The lowest BCUT2D eigenvalue weighted by molar-refractivity contribution is -0.136. The second kappa shape index (κ2) is 20.1. The van der Waals surface area contributed by atoms with Gasteiger partial charge in [0.15, 0.2) is 5.75 Å². The number of carbonyl (C=O) groups excluding carboxylic acids is 4. The highest BCUT2D eigenvalue weighted by molar-refractivity contribution is 9.10. The van der Waals surface area contributed by atoms with E-state index < -0.39 is 29.7 Å². The minimum absolute atomic E-state index is 0.0615. The van der Waals surface area contributed by atoms with Gasteiger partial charge in [0, 0.05) is 33.2 Å². The zero-order chi connectivity index (χ0) is 41.1. The van der Waals surface area contributed by atoms with Crippen LogP contribution in [0.3, 0.4) is 0 Å². The Morgan fingerprint density at radius 1 is 0.763 bits per heavy atom. The third-order valence-corrected chi connectivity index (χ3v) is 11.1. The lowest BCUT2D eigenvalue weighted by Gasteiger charge is -2.27. The third-order valence-electron chi connectivity index (χ3n) is 9.42. The van der Waals surface area contributed by atoms with Crippen LogP contribution in [-0.2, 0) is 28.5 Å². The van der Waals surface area contributed by atoms with E-state index in [2.05, 4.69) is 26.6 Å². The van der Waals surface area contributed by atoms with Crippen molar-refractivity contribution in [2.45, 2.75) is 18.9 Å². The molecule has 0 spiro atoms. The summed E-state index contributed by atoms with van der Waals surface area (Å²) >= 11 is 5.06. The van der Waals surface area contributed by atoms with Gasteiger partial charge in [-0.05, 0) is 78.7 Å². The first-order chi connectivity index (χ1) is 28.8. The molecule has 2 aliphatic rings. The van der Waals surface area contributed by atoms with Crippen molar-refractivity contribution in [2.24, 2.45) is 0 Å². The quantitative estimate of drug-likeness (QED) is 0.0522.